The van der Waals surface area contributed by atoms with Crippen LogP contribution >= 0.6 is 0 Å². The van der Waals surface area contributed by atoms with E-state index in [1.807, 2.05) is 19.1 Å². The molecule has 1 aromatic heterocycles. The number of aryl methyl sites for hydroxylation is 1. The average molecular weight is 307 g/mol. The second-order valence-corrected chi connectivity index (χ2v) is 5.71. The van der Waals surface area contributed by atoms with Crippen molar-refractivity contribution in [1.29, 1.82) is 0 Å². The third-order valence-corrected chi connectivity index (χ3v) is 3.81. The Morgan fingerprint density at radius 3 is 2.43 bits per heavy atom. The summed E-state index contributed by atoms with van der Waals surface area (Å²) in [5.41, 5.74) is 1.67. The zero-order chi connectivity index (χ0) is 15.4. The predicted octanol–water partition coefficient (Wildman–Crippen LogP) is 2.03. The summed E-state index contributed by atoms with van der Waals surface area (Å²) >= 11 is 0. The van der Waals surface area contributed by atoms with E-state index < -0.39 is 22.7 Å². The number of rotatable bonds is 5. The number of hydrogen-bond acceptors (Lipinski definition) is 4. The largest absolute Gasteiger partial charge is 0.475 e. The molecule has 2 aromatic rings. The van der Waals surface area contributed by atoms with Crippen LogP contribution in [0, 0.1) is 6.92 Å². The van der Waals surface area contributed by atoms with Crippen molar-refractivity contribution in [1.82, 2.24) is 0 Å². The van der Waals surface area contributed by atoms with Crippen LogP contribution in [0.1, 0.15) is 16.1 Å². The van der Waals surface area contributed by atoms with Crippen molar-refractivity contribution in [2.75, 3.05) is 11.1 Å². The van der Waals surface area contributed by atoms with Gasteiger partial charge >= 0.3 is 5.97 Å². The maximum atomic E-state index is 11.9. The molecule has 0 spiro atoms. The summed E-state index contributed by atoms with van der Waals surface area (Å²) in [5, 5.41) is 11.3. The number of aromatic carboxylic acids is 1. The van der Waals surface area contributed by atoms with Gasteiger partial charge in [0, 0.05) is 5.69 Å². The van der Waals surface area contributed by atoms with Crippen molar-refractivity contribution >= 4 is 28.4 Å². The first-order valence-corrected chi connectivity index (χ1v) is 7.35. The van der Waals surface area contributed by atoms with E-state index in [0.29, 0.717) is 5.69 Å². The van der Waals surface area contributed by atoms with E-state index in [1.54, 1.807) is 12.1 Å². The molecule has 21 heavy (non-hydrogen) atoms. The zero-order valence-electron chi connectivity index (χ0n) is 11.2. The third kappa shape index (κ3) is 4.03. The Bertz CT molecular complexity index is 690. The van der Waals surface area contributed by atoms with Crippen molar-refractivity contribution in [3.8, 4) is 0 Å². The van der Waals surface area contributed by atoms with Crippen molar-refractivity contribution < 1.29 is 23.3 Å². The van der Waals surface area contributed by atoms with E-state index in [9.17, 15) is 13.8 Å². The van der Waals surface area contributed by atoms with Gasteiger partial charge in [0.25, 0.3) is 0 Å². The highest BCUT2D eigenvalue weighted by Crippen LogP contribution is 2.13. The molecule has 0 saturated carbocycles. The lowest BCUT2D eigenvalue weighted by molar-refractivity contribution is -0.113. The first kappa shape index (κ1) is 15.0. The summed E-state index contributed by atoms with van der Waals surface area (Å²) in [6.07, 6.45) is 0. The van der Waals surface area contributed by atoms with Gasteiger partial charge < -0.3 is 14.8 Å². The van der Waals surface area contributed by atoms with Crippen molar-refractivity contribution in [2.24, 2.45) is 0 Å². The first-order valence-electron chi connectivity index (χ1n) is 6.04. The molecule has 0 fully saturated rings. The quantitative estimate of drug-likeness (QED) is 0.881. The van der Waals surface area contributed by atoms with E-state index >= 15 is 0 Å². The van der Waals surface area contributed by atoms with E-state index in [0.717, 1.165) is 5.56 Å². The van der Waals surface area contributed by atoms with Gasteiger partial charge in [-0.25, -0.2) is 4.79 Å². The molecule has 1 unspecified atom stereocenters. The molecule has 0 aliphatic rings. The second kappa shape index (κ2) is 6.36. The molecular formula is C14H13NO5S. The van der Waals surface area contributed by atoms with E-state index in [-0.39, 0.29) is 16.6 Å². The Kier molecular flexibility index (Phi) is 4.54. The van der Waals surface area contributed by atoms with Crippen LogP contribution in [0.2, 0.25) is 0 Å². The molecular weight excluding hydrogens is 294 g/mol. The van der Waals surface area contributed by atoms with Crippen LogP contribution in [0.5, 0.6) is 0 Å². The average Bonchev–Trinajstić information content (AvgIpc) is 2.91. The molecule has 0 bridgehead atoms. The van der Waals surface area contributed by atoms with Crippen LogP contribution in [-0.2, 0) is 15.6 Å². The number of carbonyl (C=O) groups excluding carboxylic acids is 1. The fourth-order valence-corrected chi connectivity index (χ4v) is 2.44. The Labute approximate surface area is 123 Å². The number of carboxylic acid groups (broad SMARTS) is 1. The minimum Gasteiger partial charge on any atom is -0.475 e. The standard InChI is InChI=1S/C14H13NO5S/c1-9-2-4-10(5-3-9)15-12(16)8-21(19)13-7-6-11(20-13)14(17)18/h2-7H,8H2,1H3,(H,15,16)(H,17,18). The summed E-state index contributed by atoms with van der Waals surface area (Å²) < 4.78 is 16.8. The van der Waals surface area contributed by atoms with Gasteiger partial charge in [0.05, 0.1) is 10.8 Å². The number of nitrogens with one attached hydrogen (secondary N) is 1. The highest BCUT2D eigenvalue weighted by atomic mass is 32.2. The molecule has 0 aliphatic heterocycles. The lowest BCUT2D eigenvalue weighted by Gasteiger charge is -2.04. The molecule has 2 N–H and O–H groups in total. The number of anilines is 1. The van der Waals surface area contributed by atoms with E-state index in [1.165, 1.54) is 12.1 Å². The molecule has 0 radical (unpaired) electrons. The van der Waals surface area contributed by atoms with Gasteiger partial charge in [0.15, 0.2) is 5.09 Å². The van der Waals surface area contributed by atoms with Crippen molar-refractivity contribution in [3.63, 3.8) is 0 Å². The minimum absolute atomic E-state index is 0.0357. The van der Waals surface area contributed by atoms with Gasteiger partial charge in [0.2, 0.25) is 11.7 Å². The van der Waals surface area contributed by atoms with Crippen LogP contribution in [0.4, 0.5) is 5.69 Å². The molecule has 0 aliphatic carbocycles. The Balaban J connectivity index is 1.96. The minimum atomic E-state index is -1.73. The van der Waals surface area contributed by atoms with Gasteiger partial charge in [-0.2, -0.15) is 0 Å². The Hall–Kier alpha value is -2.41. The monoisotopic (exact) mass is 307 g/mol. The number of benzene rings is 1. The van der Waals surface area contributed by atoms with Gasteiger partial charge in [-0.15, -0.1) is 0 Å². The summed E-state index contributed by atoms with van der Waals surface area (Å²) in [6, 6.07) is 9.67. The SMILES string of the molecule is Cc1ccc(NC(=O)CS(=O)c2ccc(C(=O)O)o2)cc1. The molecule has 110 valence electrons. The van der Waals surface area contributed by atoms with Crippen molar-refractivity contribution in [2.45, 2.75) is 12.0 Å². The summed E-state index contributed by atoms with van der Waals surface area (Å²) in [6.45, 7) is 1.93. The fourth-order valence-electron chi connectivity index (χ4n) is 1.58. The topological polar surface area (TPSA) is 96.6 Å². The molecule has 1 aromatic carbocycles. The zero-order valence-corrected chi connectivity index (χ0v) is 12.0. The van der Waals surface area contributed by atoms with Crippen LogP contribution < -0.4 is 5.32 Å². The number of hydrogen-bond donors (Lipinski definition) is 2. The molecule has 2 rings (SSSR count). The van der Waals surface area contributed by atoms with Crippen LogP contribution in [0.15, 0.2) is 45.9 Å². The lowest BCUT2D eigenvalue weighted by Crippen LogP contribution is -2.19. The summed E-state index contributed by atoms with van der Waals surface area (Å²) in [7, 11) is -1.73. The maximum absolute atomic E-state index is 11.9. The number of furan rings is 1. The number of carboxylic acids is 1. The van der Waals surface area contributed by atoms with Crippen LogP contribution in [0.25, 0.3) is 0 Å². The highest BCUT2D eigenvalue weighted by molar-refractivity contribution is 7.85. The van der Waals surface area contributed by atoms with Gasteiger partial charge in [0.1, 0.15) is 5.75 Å². The van der Waals surface area contributed by atoms with Crippen LogP contribution in [0.3, 0.4) is 0 Å². The van der Waals surface area contributed by atoms with Gasteiger partial charge in [-0.3, -0.25) is 9.00 Å². The third-order valence-electron chi connectivity index (χ3n) is 2.61. The molecule has 7 heteroatoms. The molecule has 6 nitrogen and oxygen atoms in total. The van der Waals surface area contributed by atoms with Crippen molar-refractivity contribution in [3.05, 3.63) is 47.7 Å². The number of amides is 1. The van der Waals surface area contributed by atoms with Crippen LogP contribution in [-0.4, -0.2) is 26.9 Å². The molecule has 0 saturated heterocycles. The van der Waals surface area contributed by atoms with Gasteiger partial charge in [-0.05, 0) is 31.2 Å². The van der Waals surface area contributed by atoms with E-state index in [4.69, 9.17) is 9.52 Å². The molecule has 1 amide bonds. The smallest absolute Gasteiger partial charge is 0.371 e. The fraction of sp³-hybridized carbons (Fsp3) is 0.143. The van der Waals surface area contributed by atoms with E-state index in [2.05, 4.69) is 5.32 Å². The maximum Gasteiger partial charge on any atom is 0.371 e. The predicted molar refractivity (Wildman–Crippen MR) is 76.8 cm³/mol. The normalized spacial score (nSPS) is 11.9. The lowest BCUT2D eigenvalue weighted by atomic mass is 10.2. The molecule has 1 atom stereocenters. The highest BCUT2D eigenvalue weighted by Gasteiger charge is 2.16. The summed E-state index contributed by atoms with van der Waals surface area (Å²) in [4.78, 5) is 22.4. The Morgan fingerprint density at radius 2 is 1.86 bits per heavy atom. The molecule has 1 heterocycles. The number of carbonyl (C=O) groups is 2. The van der Waals surface area contributed by atoms with Gasteiger partial charge in [-0.1, -0.05) is 17.7 Å². The first-order chi connectivity index (χ1) is 9.95. The Morgan fingerprint density at radius 1 is 1.19 bits per heavy atom. The second-order valence-electron chi connectivity index (χ2n) is 4.33. The summed E-state index contributed by atoms with van der Waals surface area (Å²) in [5.74, 6) is -2.30.